The first-order valence-electron chi connectivity index (χ1n) is 11.4. The molecule has 0 aliphatic heterocycles. The molecule has 0 spiro atoms. The molecule has 0 heterocycles. The summed E-state index contributed by atoms with van der Waals surface area (Å²) in [6.45, 7) is 0.946. The highest BCUT2D eigenvalue weighted by atomic mass is 16.5. The molecule has 0 aromatic heterocycles. The zero-order valence-electron chi connectivity index (χ0n) is 19.8. The fourth-order valence-electron chi connectivity index (χ4n) is 3.81. The molecule has 0 unspecified atom stereocenters. The second-order valence-electron chi connectivity index (χ2n) is 8.20. The van der Waals surface area contributed by atoms with E-state index in [0.717, 1.165) is 40.7 Å². The summed E-state index contributed by atoms with van der Waals surface area (Å²) in [6, 6.07) is 21.4. The number of benzene rings is 3. The van der Waals surface area contributed by atoms with Gasteiger partial charge in [0.05, 0.1) is 26.2 Å². The van der Waals surface area contributed by atoms with Gasteiger partial charge in [0.25, 0.3) is 0 Å². The number of hydrogen-bond donors (Lipinski definition) is 2. The van der Waals surface area contributed by atoms with E-state index in [9.17, 15) is 9.90 Å². The number of aliphatic hydroxyl groups is 1. The van der Waals surface area contributed by atoms with Crippen LogP contribution in [0.1, 0.15) is 34.7 Å². The summed E-state index contributed by atoms with van der Waals surface area (Å²) in [5.74, 6) is 0.356. The smallest absolute Gasteiger partial charge is 0.310 e. The minimum absolute atomic E-state index is 0.107. The number of carbonyl (C=O) groups excluding carboxylic acids is 1. The normalized spacial score (nSPS) is 11.8. The highest BCUT2D eigenvalue weighted by molar-refractivity contribution is 5.73. The number of para-hydroxylation sites is 1. The van der Waals surface area contributed by atoms with E-state index in [2.05, 4.69) is 18.2 Å². The predicted molar refractivity (Wildman–Crippen MR) is 133 cm³/mol. The van der Waals surface area contributed by atoms with Gasteiger partial charge in [0, 0.05) is 19.3 Å². The van der Waals surface area contributed by atoms with Crippen molar-refractivity contribution in [1.82, 2.24) is 0 Å². The van der Waals surface area contributed by atoms with Crippen molar-refractivity contribution >= 4 is 5.97 Å². The Kier molecular flexibility index (Phi) is 9.64. The van der Waals surface area contributed by atoms with Crippen LogP contribution in [0.2, 0.25) is 0 Å². The molecule has 6 nitrogen and oxygen atoms in total. The lowest BCUT2D eigenvalue weighted by Gasteiger charge is -2.15. The van der Waals surface area contributed by atoms with Gasteiger partial charge in [-0.05, 0) is 58.9 Å². The summed E-state index contributed by atoms with van der Waals surface area (Å²) in [5.41, 5.74) is 12.0. The number of esters is 1. The van der Waals surface area contributed by atoms with Crippen molar-refractivity contribution in [3.8, 4) is 16.9 Å². The van der Waals surface area contributed by atoms with E-state index in [-0.39, 0.29) is 19.0 Å². The van der Waals surface area contributed by atoms with Crippen LogP contribution in [-0.4, -0.2) is 38.5 Å². The lowest BCUT2D eigenvalue weighted by molar-refractivity contribution is -0.139. The predicted octanol–water partition coefficient (Wildman–Crippen LogP) is 4.22. The van der Waals surface area contributed by atoms with Crippen molar-refractivity contribution < 1.29 is 24.1 Å². The van der Waals surface area contributed by atoms with Crippen molar-refractivity contribution in [3.05, 3.63) is 89.0 Å². The quantitative estimate of drug-likeness (QED) is 0.309. The molecule has 0 saturated carbocycles. The van der Waals surface area contributed by atoms with E-state index in [1.165, 1.54) is 12.7 Å². The molecule has 34 heavy (non-hydrogen) atoms. The third-order valence-corrected chi connectivity index (χ3v) is 5.64. The topological polar surface area (TPSA) is 91.0 Å². The Morgan fingerprint density at radius 3 is 2.53 bits per heavy atom. The van der Waals surface area contributed by atoms with Gasteiger partial charge in [0.1, 0.15) is 12.4 Å². The first-order valence-corrected chi connectivity index (χ1v) is 11.4. The maximum Gasteiger partial charge on any atom is 0.310 e. The molecule has 0 fully saturated rings. The SMILES string of the molecule is COCCCc1cc(COc2ccccc2CC(=O)OC)cc(-c2cccc([C@H](N)CO)c2)c1. The molecule has 3 aromatic rings. The molecular formula is C28H33NO5. The first kappa shape index (κ1) is 25.4. The number of hydrogen-bond acceptors (Lipinski definition) is 6. The molecular weight excluding hydrogens is 430 g/mol. The van der Waals surface area contributed by atoms with Crippen LogP contribution in [0.3, 0.4) is 0 Å². The molecule has 1 atom stereocenters. The molecule has 0 radical (unpaired) electrons. The van der Waals surface area contributed by atoms with Crippen molar-refractivity contribution in [2.45, 2.75) is 31.9 Å². The van der Waals surface area contributed by atoms with E-state index >= 15 is 0 Å². The van der Waals surface area contributed by atoms with Crippen LogP contribution in [0.5, 0.6) is 5.75 Å². The minimum Gasteiger partial charge on any atom is -0.489 e. The van der Waals surface area contributed by atoms with Gasteiger partial charge in [-0.2, -0.15) is 0 Å². The van der Waals surface area contributed by atoms with Gasteiger partial charge in [0.2, 0.25) is 0 Å². The van der Waals surface area contributed by atoms with E-state index in [4.69, 9.17) is 19.9 Å². The Bertz CT molecular complexity index is 1080. The van der Waals surface area contributed by atoms with E-state index in [1.807, 2.05) is 48.5 Å². The summed E-state index contributed by atoms with van der Waals surface area (Å²) in [5, 5.41) is 9.45. The molecule has 0 bridgehead atoms. The number of rotatable bonds is 12. The van der Waals surface area contributed by atoms with Gasteiger partial charge in [-0.15, -0.1) is 0 Å². The van der Waals surface area contributed by atoms with Crippen LogP contribution in [0.4, 0.5) is 0 Å². The number of aryl methyl sites for hydroxylation is 1. The van der Waals surface area contributed by atoms with Gasteiger partial charge >= 0.3 is 5.97 Å². The summed E-state index contributed by atoms with van der Waals surface area (Å²) in [6.07, 6.45) is 1.95. The lowest BCUT2D eigenvalue weighted by atomic mass is 9.95. The van der Waals surface area contributed by atoms with Crippen LogP contribution in [-0.2, 0) is 33.7 Å². The second-order valence-corrected chi connectivity index (χ2v) is 8.20. The number of nitrogens with two attached hydrogens (primary N) is 1. The second kappa shape index (κ2) is 12.9. The Balaban J connectivity index is 1.88. The molecule has 180 valence electrons. The number of aliphatic hydroxyl groups excluding tert-OH is 1. The number of methoxy groups -OCH3 is 2. The number of carbonyl (C=O) groups is 1. The molecule has 0 saturated heterocycles. The summed E-state index contributed by atoms with van der Waals surface area (Å²) >= 11 is 0. The van der Waals surface area contributed by atoms with Gasteiger partial charge in [-0.3, -0.25) is 4.79 Å². The lowest BCUT2D eigenvalue weighted by Crippen LogP contribution is -2.14. The average molecular weight is 464 g/mol. The summed E-state index contributed by atoms with van der Waals surface area (Å²) in [4.78, 5) is 11.8. The highest BCUT2D eigenvalue weighted by Gasteiger charge is 2.11. The Labute approximate surface area is 201 Å². The molecule has 6 heteroatoms. The van der Waals surface area contributed by atoms with Crippen molar-refractivity contribution in [1.29, 1.82) is 0 Å². The van der Waals surface area contributed by atoms with E-state index in [1.54, 1.807) is 7.11 Å². The Morgan fingerprint density at radius 2 is 1.76 bits per heavy atom. The molecule has 3 rings (SSSR count). The van der Waals surface area contributed by atoms with Crippen molar-refractivity contribution in [2.24, 2.45) is 5.73 Å². The van der Waals surface area contributed by atoms with Crippen LogP contribution in [0.25, 0.3) is 11.1 Å². The Morgan fingerprint density at radius 1 is 0.971 bits per heavy atom. The number of ether oxygens (including phenoxy) is 3. The average Bonchev–Trinajstić information content (AvgIpc) is 2.87. The third-order valence-electron chi connectivity index (χ3n) is 5.64. The molecule has 3 N–H and O–H groups in total. The molecule has 3 aromatic carbocycles. The monoisotopic (exact) mass is 463 g/mol. The fraction of sp³-hybridized carbons (Fsp3) is 0.321. The van der Waals surface area contributed by atoms with Crippen molar-refractivity contribution in [3.63, 3.8) is 0 Å². The minimum atomic E-state index is -0.418. The van der Waals surface area contributed by atoms with Crippen molar-refractivity contribution in [2.75, 3.05) is 27.4 Å². The first-order chi connectivity index (χ1) is 16.5. The molecule has 0 amide bonds. The summed E-state index contributed by atoms with van der Waals surface area (Å²) < 4.78 is 16.2. The van der Waals surface area contributed by atoms with Gasteiger partial charge in [0.15, 0.2) is 0 Å². The standard InChI is InChI=1S/C28H33NO5/c1-32-12-6-7-20-13-21(19-34-27-11-4-3-8-24(27)17-28(31)33-2)15-25(14-20)22-9-5-10-23(16-22)26(29)18-30/h3-5,8-11,13-16,26,30H,6-7,12,17-19,29H2,1-2H3/t26-/m1/s1. The third kappa shape index (κ3) is 7.15. The Hall–Kier alpha value is -3.19. The van der Waals surface area contributed by atoms with Crippen LogP contribution >= 0.6 is 0 Å². The zero-order chi connectivity index (χ0) is 24.3. The largest absolute Gasteiger partial charge is 0.489 e. The van der Waals surface area contributed by atoms with Crippen LogP contribution in [0, 0.1) is 0 Å². The van der Waals surface area contributed by atoms with Gasteiger partial charge < -0.3 is 25.1 Å². The summed E-state index contributed by atoms with van der Waals surface area (Å²) in [7, 11) is 3.09. The van der Waals surface area contributed by atoms with E-state index < -0.39 is 6.04 Å². The highest BCUT2D eigenvalue weighted by Crippen LogP contribution is 2.27. The van der Waals surface area contributed by atoms with Crippen LogP contribution in [0.15, 0.2) is 66.7 Å². The van der Waals surface area contributed by atoms with Crippen LogP contribution < -0.4 is 10.5 Å². The van der Waals surface area contributed by atoms with Gasteiger partial charge in [-0.25, -0.2) is 0 Å². The molecule has 0 aliphatic rings. The fourth-order valence-corrected chi connectivity index (χ4v) is 3.81. The maximum absolute atomic E-state index is 11.8. The zero-order valence-corrected chi connectivity index (χ0v) is 19.8. The van der Waals surface area contributed by atoms with E-state index in [0.29, 0.717) is 19.0 Å². The maximum atomic E-state index is 11.8. The molecule has 0 aliphatic carbocycles. The van der Waals surface area contributed by atoms with Gasteiger partial charge in [-0.1, -0.05) is 48.5 Å².